The Morgan fingerprint density at radius 1 is 1.40 bits per heavy atom. The first kappa shape index (κ1) is 16.2. The van der Waals surface area contributed by atoms with Crippen molar-refractivity contribution >= 4 is 47.6 Å². The lowest BCUT2D eigenvalue weighted by Gasteiger charge is -2.16. The predicted molar refractivity (Wildman–Crippen MR) is 87.1 cm³/mol. The van der Waals surface area contributed by atoms with Crippen molar-refractivity contribution in [1.29, 1.82) is 0 Å². The molecule has 1 aromatic rings. The standard InChI is InChI=1S/C12H17Br2N3O2S/c1-17(9-2-3-9)5-4-16-20(18,19)12-10(14)6-8(13)7-11(12)15/h6-7,9,16H,2-5,15H2,1H3. The molecule has 0 amide bonds. The zero-order chi connectivity index (χ0) is 14.9. The molecule has 0 aromatic heterocycles. The van der Waals surface area contributed by atoms with Gasteiger partial charge in [-0.2, -0.15) is 0 Å². The molecule has 1 aliphatic carbocycles. The van der Waals surface area contributed by atoms with E-state index in [4.69, 9.17) is 5.73 Å². The molecule has 1 aliphatic rings. The van der Waals surface area contributed by atoms with Crippen molar-refractivity contribution in [1.82, 2.24) is 9.62 Å². The molecular formula is C12H17Br2N3O2S. The van der Waals surface area contributed by atoms with E-state index in [1.165, 1.54) is 12.8 Å². The lowest BCUT2D eigenvalue weighted by Crippen LogP contribution is -2.34. The van der Waals surface area contributed by atoms with E-state index in [2.05, 4.69) is 41.5 Å². The van der Waals surface area contributed by atoms with Crippen LogP contribution in [0.2, 0.25) is 0 Å². The summed E-state index contributed by atoms with van der Waals surface area (Å²) in [5, 5.41) is 0. The number of benzene rings is 1. The maximum absolute atomic E-state index is 12.3. The smallest absolute Gasteiger partial charge is 0.243 e. The van der Waals surface area contributed by atoms with E-state index < -0.39 is 10.0 Å². The lowest BCUT2D eigenvalue weighted by molar-refractivity contribution is 0.329. The van der Waals surface area contributed by atoms with Crippen molar-refractivity contribution in [3.8, 4) is 0 Å². The summed E-state index contributed by atoms with van der Waals surface area (Å²) in [7, 11) is -1.60. The third kappa shape index (κ3) is 3.94. The third-order valence-corrected chi connectivity index (χ3v) is 6.16. The van der Waals surface area contributed by atoms with Gasteiger partial charge < -0.3 is 10.6 Å². The fourth-order valence-corrected chi connectivity index (χ4v) is 5.08. The Bertz CT molecular complexity index is 580. The number of nitrogens with two attached hydrogens (primary N) is 1. The summed E-state index contributed by atoms with van der Waals surface area (Å²) in [4.78, 5) is 2.26. The number of nitrogen functional groups attached to an aromatic ring is 1. The molecule has 1 aromatic carbocycles. The maximum Gasteiger partial charge on any atom is 0.243 e. The monoisotopic (exact) mass is 425 g/mol. The highest BCUT2D eigenvalue weighted by Gasteiger charge is 2.26. The number of halogens is 2. The molecule has 0 unspecified atom stereocenters. The van der Waals surface area contributed by atoms with Gasteiger partial charge in [-0.05, 0) is 48.0 Å². The summed E-state index contributed by atoms with van der Waals surface area (Å²) in [6, 6.07) is 3.86. The van der Waals surface area contributed by atoms with E-state index >= 15 is 0 Å². The number of sulfonamides is 1. The molecule has 0 radical (unpaired) electrons. The highest BCUT2D eigenvalue weighted by molar-refractivity contribution is 9.11. The van der Waals surface area contributed by atoms with E-state index in [-0.39, 0.29) is 10.6 Å². The summed E-state index contributed by atoms with van der Waals surface area (Å²) in [6.07, 6.45) is 2.41. The van der Waals surface area contributed by atoms with Gasteiger partial charge in [-0.15, -0.1) is 0 Å². The fourth-order valence-electron chi connectivity index (χ4n) is 1.99. The Hall–Kier alpha value is -0.150. The fraction of sp³-hybridized carbons (Fsp3) is 0.500. The number of anilines is 1. The van der Waals surface area contributed by atoms with Crippen LogP contribution in [0.4, 0.5) is 5.69 Å². The number of nitrogens with zero attached hydrogens (tertiary/aromatic N) is 1. The van der Waals surface area contributed by atoms with Gasteiger partial charge in [0.2, 0.25) is 10.0 Å². The zero-order valence-electron chi connectivity index (χ0n) is 11.1. The number of hydrogen-bond donors (Lipinski definition) is 2. The van der Waals surface area contributed by atoms with Crippen molar-refractivity contribution in [3.63, 3.8) is 0 Å². The van der Waals surface area contributed by atoms with Crippen molar-refractivity contribution in [2.45, 2.75) is 23.8 Å². The van der Waals surface area contributed by atoms with Crippen molar-refractivity contribution in [2.75, 3.05) is 25.9 Å². The largest absolute Gasteiger partial charge is 0.398 e. The first-order chi connectivity index (χ1) is 9.31. The normalized spacial score (nSPS) is 15.8. The lowest BCUT2D eigenvalue weighted by atomic mass is 10.3. The van der Waals surface area contributed by atoms with E-state index in [9.17, 15) is 8.42 Å². The first-order valence-electron chi connectivity index (χ1n) is 6.25. The topological polar surface area (TPSA) is 75.4 Å². The minimum absolute atomic E-state index is 0.0924. The quantitative estimate of drug-likeness (QED) is 0.683. The van der Waals surface area contributed by atoms with E-state index in [0.717, 1.165) is 4.47 Å². The van der Waals surface area contributed by atoms with Crippen LogP contribution >= 0.6 is 31.9 Å². The number of likely N-dealkylation sites (N-methyl/N-ethyl adjacent to an activating group) is 1. The summed E-state index contributed by atoms with van der Waals surface area (Å²) >= 11 is 6.52. The molecule has 0 saturated heterocycles. The van der Waals surface area contributed by atoms with Gasteiger partial charge in [0.05, 0.1) is 5.69 Å². The number of rotatable bonds is 6. The second-order valence-corrected chi connectivity index (χ2v) is 8.39. The zero-order valence-corrected chi connectivity index (χ0v) is 15.1. The third-order valence-electron chi connectivity index (χ3n) is 3.23. The van der Waals surface area contributed by atoms with Gasteiger partial charge in [0.25, 0.3) is 0 Å². The Kier molecular flexibility index (Phi) is 5.12. The van der Waals surface area contributed by atoms with Gasteiger partial charge in [-0.25, -0.2) is 13.1 Å². The van der Waals surface area contributed by atoms with Gasteiger partial charge >= 0.3 is 0 Å². The Balaban J connectivity index is 2.06. The van der Waals surface area contributed by atoms with Crippen LogP contribution in [0.25, 0.3) is 0 Å². The molecule has 112 valence electrons. The molecule has 0 atom stereocenters. The van der Waals surface area contributed by atoms with E-state index in [0.29, 0.717) is 23.6 Å². The first-order valence-corrected chi connectivity index (χ1v) is 9.32. The van der Waals surface area contributed by atoms with Crippen molar-refractivity contribution < 1.29 is 8.42 Å². The highest BCUT2D eigenvalue weighted by Crippen LogP contribution is 2.31. The molecular weight excluding hydrogens is 410 g/mol. The molecule has 0 heterocycles. The molecule has 1 fully saturated rings. The van der Waals surface area contributed by atoms with Crippen LogP contribution < -0.4 is 10.5 Å². The molecule has 8 heteroatoms. The van der Waals surface area contributed by atoms with Crippen LogP contribution in [0.15, 0.2) is 26.0 Å². The van der Waals surface area contributed by atoms with Gasteiger partial charge in [0, 0.05) is 28.1 Å². The summed E-state index contributed by atoms with van der Waals surface area (Å²) in [5.74, 6) is 0. The highest BCUT2D eigenvalue weighted by atomic mass is 79.9. The average Bonchev–Trinajstić information content (AvgIpc) is 3.09. The maximum atomic E-state index is 12.3. The van der Waals surface area contributed by atoms with E-state index in [1.807, 2.05) is 7.05 Å². The van der Waals surface area contributed by atoms with Gasteiger partial charge in [0.1, 0.15) is 4.90 Å². The van der Waals surface area contributed by atoms with Crippen LogP contribution in [0.5, 0.6) is 0 Å². The Morgan fingerprint density at radius 3 is 2.60 bits per heavy atom. The molecule has 0 aliphatic heterocycles. The van der Waals surface area contributed by atoms with E-state index in [1.54, 1.807) is 12.1 Å². The average molecular weight is 427 g/mol. The molecule has 20 heavy (non-hydrogen) atoms. The molecule has 3 N–H and O–H groups in total. The molecule has 1 saturated carbocycles. The summed E-state index contributed by atoms with van der Waals surface area (Å²) in [6.45, 7) is 1.06. The Morgan fingerprint density at radius 2 is 2.05 bits per heavy atom. The minimum atomic E-state index is -3.61. The molecule has 0 bridgehead atoms. The molecule has 0 spiro atoms. The van der Waals surface area contributed by atoms with Crippen molar-refractivity contribution in [3.05, 3.63) is 21.1 Å². The Labute approximate surface area is 136 Å². The van der Waals surface area contributed by atoms with Gasteiger partial charge in [-0.1, -0.05) is 15.9 Å². The molecule has 5 nitrogen and oxygen atoms in total. The number of hydrogen-bond acceptors (Lipinski definition) is 4. The van der Waals surface area contributed by atoms with Gasteiger partial charge in [-0.3, -0.25) is 0 Å². The van der Waals surface area contributed by atoms with Gasteiger partial charge in [0.15, 0.2) is 0 Å². The van der Waals surface area contributed by atoms with Crippen molar-refractivity contribution in [2.24, 2.45) is 0 Å². The summed E-state index contributed by atoms with van der Waals surface area (Å²) < 4.78 is 28.4. The SMILES string of the molecule is CN(CCNS(=O)(=O)c1c(N)cc(Br)cc1Br)C1CC1. The minimum Gasteiger partial charge on any atom is -0.398 e. The van der Waals surface area contributed by atoms with Crippen LogP contribution in [0.1, 0.15) is 12.8 Å². The van der Waals surface area contributed by atoms with Crippen LogP contribution in [-0.2, 0) is 10.0 Å². The second-order valence-electron chi connectivity index (χ2n) is 4.92. The number of nitrogens with one attached hydrogen (secondary N) is 1. The van der Waals surface area contributed by atoms with Crippen LogP contribution in [-0.4, -0.2) is 39.5 Å². The van der Waals surface area contributed by atoms with Crippen LogP contribution in [0.3, 0.4) is 0 Å². The van der Waals surface area contributed by atoms with Crippen LogP contribution in [0, 0.1) is 0 Å². The molecule has 2 rings (SSSR count). The predicted octanol–water partition coefficient (Wildman–Crippen LogP) is 2.17. The summed E-state index contributed by atoms with van der Waals surface area (Å²) in [5.41, 5.74) is 6.03. The second kappa shape index (κ2) is 6.31.